The summed E-state index contributed by atoms with van der Waals surface area (Å²) in [5, 5.41) is 12.3. The molecule has 0 aliphatic carbocycles. The molecule has 1 aromatic rings. The molecule has 0 fully saturated rings. The molecular formula is C12H19NOS. The lowest BCUT2D eigenvalue weighted by molar-refractivity contribution is 0.191. The normalized spacial score (nSPS) is 12.7. The van der Waals surface area contributed by atoms with Crippen LogP contribution in [0.5, 0.6) is 0 Å². The fourth-order valence-corrected chi connectivity index (χ4v) is 1.96. The van der Waals surface area contributed by atoms with Crippen molar-refractivity contribution >= 4 is 11.8 Å². The van der Waals surface area contributed by atoms with Gasteiger partial charge in [0.05, 0.1) is 6.10 Å². The maximum Gasteiger partial charge on any atom is 0.0636 e. The molecule has 15 heavy (non-hydrogen) atoms. The van der Waals surface area contributed by atoms with Gasteiger partial charge in [0, 0.05) is 18.0 Å². The molecule has 0 aliphatic heterocycles. The average Bonchev–Trinajstić information content (AvgIpc) is 2.20. The van der Waals surface area contributed by atoms with Crippen LogP contribution in [0, 0.1) is 0 Å². The van der Waals surface area contributed by atoms with Crippen LogP contribution >= 0.6 is 11.8 Å². The quantitative estimate of drug-likeness (QED) is 0.728. The Morgan fingerprint density at radius 2 is 2.00 bits per heavy atom. The number of aliphatic hydroxyl groups is 1. The van der Waals surface area contributed by atoms with E-state index in [4.69, 9.17) is 5.11 Å². The molecule has 1 aromatic carbocycles. The van der Waals surface area contributed by atoms with Crippen LogP contribution in [0.2, 0.25) is 0 Å². The number of thioether (sulfide) groups is 1. The van der Waals surface area contributed by atoms with Crippen molar-refractivity contribution in [1.29, 1.82) is 0 Å². The summed E-state index contributed by atoms with van der Waals surface area (Å²) in [6.45, 7) is 5.41. The van der Waals surface area contributed by atoms with Crippen LogP contribution in [0.25, 0.3) is 0 Å². The van der Waals surface area contributed by atoms with Crippen molar-refractivity contribution in [1.82, 2.24) is 5.32 Å². The highest BCUT2D eigenvalue weighted by Gasteiger charge is 1.96. The second-order valence-electron chi connectivity index (χ2n) is 3.56. The summed E-state index contributed by atoms with van der Waals surface area (Å²) in [5.41, 5.74) is 1.26. The van der Waals surface area contributed by atoms with Gasteiger partial charge in [-0.1, -0.05) is 19.1 Å². The molecule has 0 bridgehead atoms. The van der Waals surface area contributed by atoms with E-state index >= 15 is 0 Å². The van der Waals surface area contributed by atoms with E-state index in [1.807, 2.05) is 11.8 Å². The Balaban J connectivity index is 2.36. The first-order valence-corrected chi connectivity index (χ1v) is 6.31. The molecule has 3 heteroatoms. The van der Waals surface area contributed by atoms with Gasteiger partial charge >= 0.3 is 0 Å². The first kappa shape index (κ1) is 12.6. The maximum absolute atomic E-state index is 9.08. The number of aliphatic hydroxyl groups excluding tert-OH is 1. The van der Waals surface area contributed by atoms with Crippen LogP contribution in [0.3, 0.4) is 0 Å². The zero-order valence-electron chi connectivity index (χ0n) is 9.36. The van der Waals surface area contributed by atoms with Gasteiger partial charge in [-0.3, -0.25) is 0 Å². The lowest BCUT2D eigenvalue weighted by atomic mass is 10.2. The first-order chi connectivity index (χ1) is 7.22. The first-order valence-electron chi connectivity index (χ1n) is 5.33. The highest BCUT2D eigenvalue weighted by Crippen LogP contribution is 2.17. The molecule has 0 spiro atoms. The van der Waals surface area contributed by atoms with Crippen LogP contribution in [-0.2, 0) is 6.54 Å². The monoisotopic (exact) mass is 225 g/mol. The summed E-state index contributed by atoms with van der Waals surface area (Å²) in [6, 6.07) is 8.56. The third-order valence-corrected chi connectivity index (χ3v) is 2.90. The van der Waals surface area contributed by atoms with Crippen molar-refractivity contribution in [3.8, 4) is 0 Å². The van der Waals surface area contributed by atoms with Gasteiger partial charge in [0.25, 0.3) is 0 Å². The molecular weight excluding hydrogens is 206 g/mol. The molecule has 0 amide bonds. The van der Waals surface area contributed by atoms with Crippen molar-refractivity contribution in [3.63, 3.8) is 0 Å². The van der Waals surface area contributed by atoms with Crippen molar-refractivity contribution < 1.29 is 5.11 Å². The van der Waals surface area contributed by atoms with Gasteiger partial charge in [0.2, 0.25) is 0 Å². The van der Waals surface area contributed by atoms with Crippen LogP contribution in [-0.4, -0.2) is 23.5 Å². The fraction of sp³-hybridized carbons (Fsp3) is 0.500. The third-order valence-electron chi connectivity index (χ3n) is 2.00. The summed E-state index contributed by atoms with van der Waals surface area (Å²) >= 11 is 1.85. The van der Waals surface area contributed by atoms with Crippen LogP contribution < -0.4 is 5.32 Å². The van der Waals surface area contributed by atoms with Crippen LogP contribution in [0.4, 0.5) is 0 Å². The zero-order valence-corrected chi connectivity index (χ0v) is 10.2. The van der Waals surface area contributed by atoms with E-state index in [0.29, 0.717) is 6.54 Å². The van der Waals surface area contributed by atoms with Gasteiger partial charge in [-0.2, -0.15) is 0 Å². The van der Waals surface area contributed by atoms with Crippen molar-refractivity contribution in [2.45, 2.75) is 31.4 Å². The predicted octanol–water partition coefficient (Wildman–Crippen LogP) is 2.27. The molecule has 1 unspecified atom stereocenters. The van der Waals surface area contributed by atoms with E-state index in [9.17, 15) is 0 Å². The molecule has 0 heterocycles. The largest absolute Gasteiger partial charge is 0.392 e. The van der Waals surface area contributed by atoms with E-state index in [0.717, 1.165) is 12.3 Å². The Kier molecular flexibility index (Phi) is 5.76. The Labute approximate surface area is 96.1 Å². The summed E-state index contributed by atoms with van der Waals surface area (Å²) < 4.78 is 0. The molecule has 0 saturated carbocycles. The van der Waals surface area contributed by atoms with Gasteiger partial charge < -0.3 is 10.4 Å². The highest BCUT2D eigenvalue weighted by atomic mass is 32.2. The predicted molar refractivity (Wildman–Crippen MR) is 66.2 cm³/mol. The highest BCUT2D eigenvalue weighted by molar-refractivity contribution is 7.99. The van der Waals surface area contributed by atoms with Crippen molar-refractivity contribution in [2.75, 3.05) is 12.3 Å². The smallest absolute Gasteiger partial charge is 0.0636 e. The number of nitrogens with one attached hydrogen (secondary N) is 1. The lowest BCUT2D eigenvalue weighted by Crippen LogP contribution is -2.23. The number of rotatable bonds is 6. The van der Waals surface area contributed by atoms with E-state index < -0.39 is 0 Å². The lowest BCUT2D eigenvalue weighted by Gasteiger charge is -2.07. The Morgan fingerprint density at radius 3 is 2.53 bits per heavy atom. The van der Waals surface area contributed by atoms with Gasteiger partial charge in [-0.05, 0) is 30.4 Å². The van der Waals surface area contributed by atoms with Crippen molar-refractivity contribution in [2.24, 2.45) is 0 Å². The third kappa shape index (κ3) is 5.21. The minimum absolute atomic E-state index is 0.278. The minimum atomic E-state index is -0.278. The molecule has 2 nitrogen and oxygen atoms in total. The maximum atomic E-state index is 9.08. The molecule has 1 atom stereocenters. The van der Waals surface area contributed by atoms with Gasteiger partial charge in [-0.25, -0.2) is 0 Å². The van der Waals surface area contributed by atoms with Gasteiger partial charge in [0.15, 0.2) is 0 Å². The standard InChI is InChI=1S/C12H19NOS/c1-3-15-12-6-4-11(5-7-12)9-13-8-10(2)14/h4-7,10,13-14H,3,8-9H2,1-2H3. The van der Waals surface area contributed by atoms with E-state index in [-0.39, 0.29) is 6.10 Å². The molecule has 1 rings (SSSR count). The molecule has 0 radical (unpaired) electrons. The summed E-state index contributed by atoms with van der Waals surface area (Å²) in [6.07, 6.45) is -0.278. The second kappa shape index (κ2) is 6.88. The Morgan fingerprint density at radius 1 is 1.33 bits per heavy atom. The molecule has 0 aromatic heterocycles. The van der Waals surface area contributed by atoms with Gasteiger partial charge in [-0.15, -0.1) is 11.8 Å². The zero-order chi connectivity index (χ0) is 11.1. The molecule has 0 saturated heterocycles. The second-order valence-corrected chi connectivity index (χ2v) is 4.89. The van der Waals surface area contributed by atoms with Crippen LogP contribution in [0.1, 0.15) is 19.4 Å². The summed E-state index contributed by atoms with van der Waals surface area (Å²) in [7, 11) is 0. The number of hydrogen-bond acceptors (Lipinski definition) is 3. The molecule has 0 aliphatic rings. The van der Waals surface area contributed by atoms with Crippen LogP contribution in [0.15, 0.2) is 29.2 Å². The number of hydrogen-bond donors (Lipinski definition) is 2. The van der Waals surface area contributed by atoms with E-state index in [1.54, 1.807) is 6.92 Å². The SMILES string of the molecule is CCSc1ccc(CNCC(C)O)cc1. The summed E-state index contributed by atoms with van der Waals surface area (Å²) in [4.78, 5) is 1.32. The Bertz CT molecular complexity index is 271. The number of benzene rings is 1. The molecule has 2 N–H and O–H groups in total. The topological polar surface area (TPSA) is 32.3 Å². The Hall–Kier alpha value is -0.510. The van der Waals surface area contributed by atoms with E-state index in [1.165, 1.54) is 10.5 Å². The fourth-order valence-electron chi connectivity index (χ4n) is 1.30. The van der Waals surface area contributed by atoms with Gasteiger partial charge in [0.1, 0.15) is 0 Å². The molecule has 84 valence electrons. The minimum Gasteiger partial charge on any atom is -0.392 e. The summed E-state index contributed by atoms with van der Waals surface area (Å²) in [5.74, 6) is 1.11. The van der Waals surface area contributed by atoms with Crippen molar-refractivity contribution in [3.05, 3.63) is 29.8 Å². The average molecular weight is 225 g/mol. The van der Waals surface area contributed by atoms with E-state index in [2.05, 4.69) is 36.5 Å².